The molecule has 1 unspecified atom stereocenters. The molecule has 3 aromatic rings. The maximum Gasteiger partial charge on any atom is 0.0490 e. The maximum absolute atomic E-state index is 4.07. The van der Waals surface area contributed by atoms with E-state index in [2.05, 4.69) is 44.8 Å². The lowest BCUT2D eigenvalue weighted by atomic mass is 9.75. The van der Waals surface area contributed by atoms with E-state index in [4.69, 9.17) is 0 Å². The third kappa shape index (κ3) is 1.77. The molecule has 4 nitrogen and oxygen atoms in total. The Morgan fingerprint density at radius 2 is 2.23 bits per heavy atom. The van der Waals surface area contributed by atoms with Crippen molar-refractivity contribution in [2.45, 2.75) is 37.6 Å². The van der Waals surface area contributed by atoms with Gasteiger partial charge in [0.05, 0.1) is 0 Å². The quantitative estimate of drug-likeness (QED) is 0.680. The first-order chi connectivity index (χ1) is 10.9. The highest BCUT2D eigenvalue weighted by atomic mass is 15.1. The molecule has 0 saturated carbocycles. The number of fused-ring (bicyclic) bond motifs is 2. The van der Waals surface area contributed by atoms with Crippen LogP contribution in [0, 0.1) is 0 Å². The van der Waals surface area contributed by atoms with Crippen LogP contribution in [0.25, 0.3) is 10.9 Å². The molecule has 3 N–H and O–H groups in total. The monoisotopic (exact) mass is 292 g/mol. The zero-order valence-electron chi connectivity index (χ0n) is 12.5. The average molecular weight is 292 g/mol. The van der Waals surface area contributed by atoms with Crippen LogP contribution in [0.4, 0.5) is 0 Å². The second-order valence-electron chi connectivity index (χ2n) is 6.62. The van der Waals surface area contributed by atoms with E-state index >= 15 is 0 Å². The lowest BCUT2D eigenvalue weighted by Crippen LogP contribution is -2.43. The van der Waals surface area contributed by atoms with Gasteiger partial charge in [0.2, 0.25) is 0 Å². The van der Waals surface area contributed by atoms with Gasteiger partial charge in [-0.25, -0.2) is 0 Å². The van der Waals surface area contributed by atoms with E-state index < -0.39 is 0 Å². The molecule has 0 spiro atoms. The second-order valence-corrected chi connectivity index (χ2v) is 6.62. The second kappa shape index (κ2) is 4.71. The highest BCUT2D eigenvalue weighted by Gasteiger charge is 2.34. The van der Waals surface area contributed by atoms with Crippen molar-refractivity contribution in [2.24, 2.45) is 0 Å². The molecule has 5 rings (SSSR count). The predicted molar refractivity (Wildman–Crippen MR) is 87.2 cm³/mol. The highest BCUT2D eigenvalue weighted by molar-refractivity contribution is 5.89. The number of H-pyrrole nitrogens is 2. The van der Waals surface area contributed by atoms with Crippen LogP contribution in [0.1, 0.15) is 41.3 Å². The van der Waals surface area contributed by atoms with Gasteiger partial charge in [-0.15, -0.1) is 0 Å². The Kier molecular flexibility index (Phi) is 2.67. The summed E-state index contributed by atoms with van der Waals surface area (Å²) in [5.74, 6) is 0.681. The Labute approximate surface area is 129 Å². The van der Waals surface area contributed by atoms with Crippen molar-refractivity contribution in [1.29, 1.82) is 0 Å². The molecule has 2 aromatic heterocycles. The molecule has 0 amide bonds. The molecule has 2 aliphatic rings. The van der Waals surface area contributed by atoms with Gasteiger partial charge in [-0.3, -0.25) is 5.10 Å². The minimum Gasteiger partial charge on any atom is -0.358 e. The number of aromatic amines is 2. The fourth-order valence-corrected chi connectivity index (χ4v) is 4.42. The van der Waals surface area contributed by atoms with Gasteiger partial charge in [0.15, 0.2) is 0 Å². The van der Waals surface area contributed by atoms with Crippen molar-refractivity contribution in [3.05, 3.63) is 53.0 Å². The molecule has 22 heavy (non-hydrogen) atoms. The van der Waals surface area contributed by atoms with Crippen LogP contribution in [0.15, 0.2) is 30.5 Å². The molecule has 112 valence electrons. The van der Waals surface area contributed by atoms with Gasteiger partial charge in [-0.05, 0) is 49.1 Å². The average Bonchev–Trinajstić information content (AvgIpc) is 3.18. The SMILES string of the molecule is c1cc2c3c(c(Cc4ccn[nH]4)[nH]c3c1)C[C@H]1NCCCC21. The molecule has 1 saturated heterocycles. The number of piperidine rings is 1. The van der Waals surface area contributed by atoms with E-state index in [1.54, 1.807) is 5.56 Å². The molecule has 2 atom stereocenters. The molecule has 4 heteroatoms. The first-order valence-corrected chi connectivity index (χ1v) is 8.24. The van der Waals surface area contributed by atoms with Crippen LogP contribution in [0.2, 0.25) is 0 Å². The van der Waals surface area contributed by atoms with Crippen LogP contribution >= 0.6 is 0 Å². The third-order valence-electron chi connectivity index (χ3n) is 5.38. The number of hydrogen-bond donors (Lipinski definition) is 3. The van der Waals surface area contributed by atoms with Gasteiger partial charge in [-0.2, -0.15) is 5.10 Å². The molecule has 3 heterocycles. The van der Waals surface area contributed by atoms with Crippen LogP contribution in [0.5, 0.6) is 0 Å². The molecule has 1 aliphatic carbocycles. The summed E-state index contributed by atoms with van der Waals surface area (Å²) in [6.07, 6.45) is 6.48. The standard InChI is InChI=1S/C18H20N4/c1-3-13-12-4-2-7-19-16(12)10-14-17(9-11-6-8-20-22-11)21-15(5-1)18(13)14/h1,3,5-6,8,12,16,19,21H,2,4,7,9-10H2,(H,20,22)/t12?,16-/m1/s1. The van der Waals surface area contributed by atoms with Crippen LogP contribution in [0.3, 0.4) is 0 Å². The Morgan fingerprint density at radius 1 is 1.23 bits per heavy atom. The Bertz CT molecular complexity index is 815. The summed E-state index contributed by atoms with van der Waals surface area (Å²) in [5.41, 5.74) is 6.87. The van der Waals surface area contributed by atoms with E-state index in [-0.39, 0.29) is 0 Å². The fraction of sp³-hybridized carbons (Fsp3) is 0.389. The molecule has 0 bridgehead atoms. The van der Waals surface area contributed by atoms with Crippen molar-refractivity contribution in [2.75, 3.05) is 6.54 Å². The minimum absolute atomic E-state index is 0.600. The van der Waals surface area contributed by atoms with E-state index in [1.165, 1.54) is 40.7 Å². The highest BCUT2D eigenvalue weighted by Crippen LogP contribution is 2.42. The van der Waals surface area contributed by atoms with Crippen LogP contribution < -0.4 is 5.32 Å². The Morgan fingerprint density at radius 3 is 3.14 bits per heavy atom. The first-order valence-electron chi connectivity index (χ1n) is 8.24. The summed E-state index contributed by atoms with van der Waals surface area (Å²) in [4.78, 5) is 3.67. The van der Waals surface area contributed by atoms with E-state index in [9.17, 15) is 0 Å². The van der Waals surface area contributed by atoms with Crippen molar-refractivity contribution in [1.82, 2.24) is 20.5 Å². The van der Waals surface area contributed by atoms with Gasteiger partial charge >= 0.3 is 0 Å². The third-order valence-corrected chi connectivity index (χ3v) is 5.38. The zero-order valence-corrected chi connectivity index (χ0v) is 12.5. The fourth-order valence-electron chi connectivity index (χ4n) is 4.42. The summed E-state index contributed by atoms with van der Waals surface area (Å²) in [7, 11) is 0. The Hall–Kier alpha value is -2.07. The van der Waals surface area contributed by atoms with Crippen molar-refractivity contribution < 1.29 is 0 Å². The topological polar surface area (TPSA) is 56.5 Å². The van der Waals surface area contributed by atoms with Crippen LogP contribution in [-0.2, 0) is 12.8 Å². The lowest BCUT2D eigenvalue weighted by Gasteiger charge is -2.37. The largest absolute Gasteiger partial charge is 0.358 e. The molecule has 1 aromatic carbocycles. The normalized spacial score (nSPS) is 23.6. The molecule has 0 radical (unpaired) electrons. The summed E-state index contributed by atoms with van der Waals surface area (Å²) >= 11 is 0. The van der Waals surface area contributed by atoms with Gasteiger partial charge in [0, 0.05) is 46.9 Å². The van der Waals surface area contributed by atoms with Gasteiger partial charge < -0.3 is 10.3 Å². The molecular formula is C18H20N4. The Balaban J connectivity index is 1.67. The lowest BCUT2D eigenvalue weighted by molar-refractivity contribution is 0.345. The number of hydrogen-bond acceptors (Lipinski definition) is 2. The molecule has 1 fully saturated rings. The van der Waals surface area contributed by atoms with Crippen molar-refractivity contribution >= 4 is 10.9 Å². The smallest absolute Gasteiger partial charge is 0.0490 e. The maximum atomic E-state index is 4.07. The number of aromatic nitrogens is 3. The molecular weight excluding hydrogens is 272 g/mol. The van der Waals surface area contributed by atoms with Crippen LogP contribution in [-0.4, -0.2) is 27.8 Å². The van der Waals surface area contributed by atoms with Gasteiger partial charge in [0.25, 0.3) is 0 Å². The van der Waals surface area contributed by atoms with Crippen molar-refractivity contribution in [3.8, 4) is 0 Å². The van der Waals surface area contributed by atoms with Crippen molar-refractivity contribution in [3.63, 3.8) is 0 Å². The number of benzene rings is 1. The van der Waals surface area contributed by atoms with E-state index in [1.807, 2.05) is 6.20 Å². The summed E-state index contributed by atoms with van der Waals surface area (Å²) in [6, 6.07) is 9.42. The zero-order chi connectivity index (χ0) is 14.5. The van der Waals surface area contributed by atoms with Gasteiger partial charge in [0.1, 0.15) is 0 Å². The number of nitrogens with one attached hydrogen (secondary N) is 3. The number of rotatable bonds is 2. The number of nitrogens with zero attached hydrogens (tertiary/aromatic N) is 1. The summed E-state index contributed by atoms with van der Waals surface area (Å²) in [6.45, 7) is 1.16. The summed E-state index contributed by atoms with van der Waals surface area (Å²) in [5, 5.41) is 12.4. The molecule has 1 aliphatic heterocycles. The summed E-state index contributed by atoms with van der Waals surface area (Å²) < 4.78 is 0. The van der Waals surface area contributed by atoms with Gasteiger partial charge in [-0.1, -0.05) is 12.1 Å². The predicted octanol–water partition coefficient (Wildman–Crippen LogP) is 2.87. The van der Waals surface area contributed by atoms with E-state index in [0.29, 0.717) is 12.0 Å². The van der Waals surface area contributed by atoms with E-state index in [0.717, 1.165) is 19.4 Å². The first kappa shape index (κ1) is 12.5. The minimum atomic E-state index is 0.600.